The first kappa shape index (κ1) is 15.4. The minimum Gasteiger partial charge on any atom is -0.219 e. The zero-order chi connectivity index (χ0) is 14.7. The maximum absolute atomic E-state index is 12.0. The van der Waals surface area contributed by atoms with Crippen LogP contribution in [0.5, 0.6) is 0 Å². The van der Waals surface area contributed by atoms with Crippen molar-refractivity contribution in [3.63, 3.8) is 0 Å². The molecule has 1 aromatic rings. The molecule has 0 aliphatic carbocycles. The zero-order valence-electron chi connectivity index (χ0n) is 10.2. The summed E-state index contributed by atoms with van der Waals surface area (Å²) in [4.78, 5) is -0.549. The maximum Gasteiger partial charge on any atom is 0.200 e. The van der Waals surface area contributed by atoms with Crippen molar-refractivity contribution in [3.8, 4) is 0 Å². The van der Waals surface area contributed by atoms with Crippen LogP contribution in [0.15, 0.2) is 64.6 Å². The molecule has 1 aromatic carbocycles. The Kier molecular flexibility index (Phi) is 4.49. The van der Waals surface area contributed by atoms with Crippen molar-refractivity contribution in [2.45, 2.75) is 16.2 Å². The molecule has 0 unspecified atom stereocenters. The molecule has 0 heterocycles. The molecular weight excluding hydrogens is 284 g/mol. The molecule has 0 aliphatic rings. The van der Waals surface area contributed by atoms with Crippen LogP contribution in [0.25, 0.3) is 0 Å². The van der Waals surface area contributed by atoms with Crippen molar-refractivity contribution in [1.29, 1.82) is 0 Å². The van der Waals surface area contributed by atoms with Crippen molar-refractivity contribution in [1.82, 2.24) is 0 Å². The van der Waals surface area contributed by atoms with Gasteiger partial charge in [-0.25, -0.2) is 16.8 Å². The smallest absolute Gasteiger partial charge is 0.200 e. The van der Waals surface area contributed by atoms with Crippen molar-refractivity contribution < 1.29 is 16.8 Å². The second kappa shape index (κ2) is 5.54. The maximum atomic E-state index is 12.0. The van der Waals surface area contributed by atoms with Gasteiger partial charge in [-0.2, -0.15) is 0 Å². The topological polar surface area (TPSA) is 68.3 Å². The molecule has 0 bridgehead atoms. The van der Waals surface area contributed by atoms with Gasteiger partial charge in [-0.3, -0.25) is 0 Å². The van der Waals surface area contributed by atoms with Gasteiger partial charge in [0.2, 0.25) is 19.7 Å². The molecule has 19 heavy (non-hydrogen) atoms. The Bertz CT molecular complexity index is 726. The molecule has 0 atom stereocenters. The van der Waals surface area contributed by atoms with Crippen molar-refractivity contribution in [2.75, 3.05) is 0 Å². The van der Waals surface area contributed by atoms with Gasteiger partial charge in [0.1, 0.15) is 0 Å². The largest absolute Gasteiger partial charge is 0.219 e. The van der Waals surface area contributed by atoms with E-state index in [1.54, 1.807) is 6.07 Å². The highest BCUT2D eigenvalue weighted by Gasteiger charge is 2.25. The lowest BCUT2D eigenvalue weighted by atomic mass is 10.1. The van der Waals surface area contributed by atoms with Crippen LogP contribution in [0.2, 0.25) is 0 Å². The average Bonchev–Trinajstić information content (AvgIpc) is 2.38. The minimum atomic E-state index is -3.89. The third-order valence-corrected chi connectivity index (χ3v) is 5.47. The second-order valence-electron chi connectivity index (χ2n) is 3.66. The molecule has 0 saturated heterocycles. The van der Waals surface area contributed by atoms with Crippen LogP contribution < -0.4 is 0 Å². The van der Waals surface area contributed by atoms with Crippen molar-refractivity contribution in [2.24, 2.45) is 0 Å². The Morgan fingerprint density at radius 2 is 1.53 bits per heavy atom. The van der Waals surface area contributed by atoms with Gasteiger partial charge in [0, 0.05) is 10.8 Å². The van der Waals surface area contributed by atoms with Crippen LogP contribution in [-0.2, 0) is 26.1 Å². The lowest BCUT2D eigenvalue weighted by Crippen LogP contribution is -2.09. The SMILES string of the molecule is C=CCc1cccc(S(=O)(=O)C=C)c1S(=O)(=O)C=C. The van der Waals surface area contributed by atoms with E-state index in [9.17, 15) is 16.8 Å². The van der Waals surface area contributed by atoms with Crippen molar-refractivity contribution >= 4 is 19.7 Å². The summed E-state index contributed by atoms with van der Waals surface area (Å²) in [5.41, 5.74) is 0.359. The van der Waals surface area contributed by atoms with E-state index in [0.29, 0.717) is 5.56 Å². The fraction of sp³-hybridized carbons (Fsp3) is 0.0769. The number of sulfone groups is 2. The molecule has 0 N–H and O–H groups in total. The Morgan fingerprint density at radius 3 is 2.00 bits per heavy atom. The van der Waals surface area contributed by atoms with Crippen LogP contribution >= 0.6 is 0 Å². The predicted molar refractivity (Wildman–Crippen MR) is 75.1 cm³/mol. The van der Waals surface area contributed by atoms with Gasteiger partial charge >= 0.3 is 0 Å². The lowest BCUT2D eigenvalue weighted by molar-refractivity contribution is 0.591. The van der Waals surface area contributed by atoms with E-state index in [1.807, 2.05) is 0 Å². The number of benzene rings is 1. The van der Waals surface area contributed by atoms with Gasteiger partial charge in [0.25, 0.3) is 0 Å². The van der Waals surface area contributed by atoms with Crippen LogP contribution in [0.3, 0.4) is 0 Å². The molecule has 0 aromatic heterocycles. The summed E-state index contributed by atoms with van der Waals surface area (Å²) in [5, 5.41) is 1.46. The van der Waals surface area contributed by atoms with Crippen LogP contribution in [0.1, 0.15) is 5.56 Å². The van der Waals surface area contributed by atoms with E-state index in [-0.39, 0.29) is 16.2 Å². The summed E-state index contributed by atoms with van der Waals surface area (Å²) < 4.78 is 47.9. The van der Waals surface area contributed by atoms with Crippen LogP contribution in [0.4, 0.5) is 0 Å². The predicted octanol–water partition coefficient (Wildman–Crippen LogP) is 2.25. The molecule has 0 spiro atoms. The summed E-state index contributed by atoms with van der Waals surface area (Å²) in [6, 6.07) is 4.26. The molecule has 0 aliphatic heterocycles. The first-order chi connectivity index (χ1) is 8.80. The van der Waals surface area contributed by atoms with Gasteiger partial charge in [0.05, 0.1) is 9.79 Å². The third-order valence-electron chi connectivity index (χ3n) is 2.45. The Morgan fingerprint density at radius 1 is 0.947 bits per heavy atom. The fourth-order valence-electron chi connectivity index (χ4n) is 1.60. The highest BCUT2D eigenvalue weighted by Crippen LogP contribution is 2.28. The summed E-state index contributed by atoms with van der Waals surface area (Å²) in [6.07, 6.45) is 1.74. The summed E-state index contributed by atoms with van der Waals surface area (Å²) in [5.74, 6) is 0. The van der Waals surface area contributed by atoms with E-state index in [0.717, 1.165) is 10.8 Å². The number of allylic oxidation sites excluding steroid dienone is 1. The van der Waals surface area contributed by atoms with Gasteiger partial charge in [0.15, 0.2) is 0 Å². The minimum absolute atomic E-state index is 0.239. The molecule has 0 fully saturated rings. The van der Waals surface area contributed by atoms with Gasteiger partial charge in [-0.15, -0.1) is 6.58 Å². The van der Waals surface area contributed by atoms with Gasteiger partial charge in [-0.1, -0.05) is 31.4 Å². The van der Waals surface area contributed by atoms with E-state index in [1.165, 1.54) is 18.2 Å². The summed E-state index contributed by atoms with van der Waals surface area (Å²) >= 11 is 0. The van der Waals surface area contributed by atoms with Gasteiger partial charge < -0.3 is 0 Å². The normalized spacial score (nSPS) is 11.8. The molecule has 1 rings (SSSR count). The monoisotopic (exact) mass is 298 g/mol. The lowest BCUT2D eigenvalue weighted by Gasteiger charge is -2.11. The van der Waals surface area contributed by atoms with E-state index >= 15 is 0 Å². The Balaban J connectivity index is 3.86. The molecule has 0 amide bonds. The highest BCUT2D eigenvalue weighted by molar-refractivity contribution is 7.97. The average molecular weight is 298 g/mol. The fourth-order valence-corrected chi connectivity index (χ4v) is 4.16. The van der Waals surface area contributed by atoms with Crippen LogP contribution in [0, 0.1) is 0 Å². The first-order valence-electron chi connectivity index (χ1n) is 5.28. The molecule has 4 nitrogen and oxygen atoms in total. The van der Waals surface area contributed by atoms with E-state index in [2.05, 4.69) is 19.7 Å². The van der Waals surface area contributed by atoms with Gasteiger partial charge in [-0.05, 0) is 18.1 Å². The molecule has 102 valence electrons. The quantitative estimate of drug-likeness (QED) is 0.755. The zero-order valence-corrected chi connectivity index (χ0v) is 11.9. The second-order valence-corrected chi connectivity index (χ2v) is 7.36. The van der Waals surface area contributed by atoms with Crippen molar-refractivity contribution in [3.05, 3.63) is 60.4 Å². The Labute approximate surface area is 113 Å². The van der Waals surface area contributed by atoms with Crippen LogP contribution in [-0.4, -0.2) is 16.8 Å². The highest BCUT2D eigenvalue weighted by atomic mass is 32.2. The molecule has 0 radical (unpaired) electrons. The number of hydrogen-bond acceptors (Lipinski definition) is 4. The summed E-state index contributed by atoms with van der Waals surface area (Å²) in [7, 11) is -7.75. The van der Waals surface area contributed by atoms with E-state index in [4.69, 9.17) is 0 Å². The standard InChI is InChI=1S/C13H14O4S2/c1-4-8-11-9-7-10-12(18(14,15)5-2)13(11)19(16,17)6-3/h4-7,9-10H,1-3,8H2. The molecule has 6 heteroatoms. The first-order valence-corrected chi connectivity index (χ1v) is 8.37. The number of hydrogen-bond donors (Lipinski definition) is 0. The summed E-state index contributed by atoms with van der Waals surface area (Å²) in [6.45, 7) is 9.96. The Hall–Kier alpha value is -1.66. The van der Waals surface area contributed by atoms with E-state index < -0.39 is 19.7 Å². The third kappa shape index (κ3) is 3.02. The molecular formula is C13H14O4S2. The molecule has 0 saturated carbocycles. The number of rotatable bonds is 6.